The maximum absolute atomic E-state index is 13.9. The van der Waals surface area contributed by atoms with Gasteiger partial charge >= 0.3 is 0 Å². The quantitative estimate of drug-likeness (QED) is 0.884. The summed E-state index contributed by atoms with van der Waals surface area (Å²) in [5.41, 5.74) is 0.166. The number of benzene rings is 1. The van der Waals surface area contributed by atoms with E-state index in [9.17, 15) is 17.6 Å². The van der Waals surface area contributed by atoms with Gasteiger partial charge in [-0.05, 0) is 31.0 Å². The molecule has 1 aliphatic carbocycles. The molecule has 0 aromatic heterocycles. The fourth-order valence-corrected chi connectivity index (χ4v) is 3.68. The molecule has 0 bridgehead atoms. The third-order valence-electron chi connectivity index (χ3n) is 3.67. The third kappa shape index (κ3) is 3.29. The molecule has 2 fully saturated rings. The van der Waals surface area contributed by atoms with Gasteiger partial charge in [0.1, 0.15) is 10.7 Å². The lowest BCUT2D eigenvalue weighted by atomic mass is 10.2. The van der Waals surface area contributed by atoms with Crippen molar-refractivity contribution in [2.24, 2.45) is 0 Å². The summed E-state index contributed by atoms with van der Waals surface area (Å²) < 4.78 is 45.8. The predicted molar refractivity (Wildman–Crippen MR) is 76.5 cm³/mol. The smallest absolute Gasteiger partial charge is 0.254 e. The standard InChI is InChI=1S/C14H17FN2O4S/c15-12-4-1-10(14(18)17-5-7-21-8-6-17)9-13(12)22(19,20)16-11-2-3-11/h1,4,9,11,16H,2-3,5-8H2. The Morgan fingerprint density at radius 3 is 2.59 bits per heavy atom. The highest BCUT2D eigenvalue weighted by molar-refractivity contribution is 7.89. The molecule has 120 valence electrons. The minimum Gasteiger partial charge on any atom is -0.378 e. The highest BCUT2D eigenvalue weighted by atomic mass is 32.2. The van der Waals surface area contributed by atoms with Crippen molar-refractivity contribution in [2.75, 3.05) is 26.3 Å². The van der Waals surface area contributed by atoms with Crippen LogP contribution >= 0.6 is 0 Å². The first-order valence-corrected chi connectivity index (χ1v) is 8.64. The number of ether oxygens (including phenoxy) is 1. The molecule has 0 radical (unpaired) electrons. The molecule has 1 heterocycles. The van der Waals surface area contributed by atoms with E-state index in [1.54, 1.807) is 4.90 Å². The first-order chi connectivity index (χ1) is 10.5. The Kier molecular flexibility index (Phi) is 4.16. The lowest BCUT2D eigenvalue weighted by Gasteiger charge is -2.27. The van der Waals surface area contributed by atoms with Crippen molar-refractivity contribution in [2.45, 2.75) is 23.8 Å². The van der Waals surface area contributed by atoms with E-state index in [1.807, 2.05) is 0 Å². The third-order valence-corrected chi connectivity index (χ3v) is 5.20. The zero-order chi connectivity index (χ0) is 15.7. The minimum atomic E-state index is -3.93. The van der Waals surface area contributed by atoms with Crippen LogP contribution < -0.4 is 4.72 Å². The summed E-state index contributed by atoms with van der Waals surface area (Å²) in [7, 11) is -3.93. The number of nitrogens with zero attached hydrogens (tertiary/aromatic N) is 1. The van der Waals surface area contributed by atoms with E-state index < -0.39 is 20.7 Å². The molecule has 6 nitrogen and oxygen atoms in total. The van der Waals surface area contributed by atoms with Crippen molar-refractivity contribution in [1.82, 2.24) is 9.62 Å². The van der Waals surface area contributed by atoms with Gasteiger partial charge in [-0.3, -0.25) is 4.79 Å². The molecular formula is C14H17FN2O4S. The van der Waals surface area contributed by atoms with Crippen LogP contribution in [-0.2, 0) is 14.8 Å². The zero-order valence-corrected chi connectivity index (χ0v) is 12.7. The van der Waals surface area contributed by atoms with Gasteiger partial charge in [0.2, 0.25) is 10.0 Å². The number of hydrogen-bond acceptors (Lipinski definition) is 4. The van der Waals surface area contributed by atoms with Crippen molar-refractivity contribution in [1.29, 1.82) is 0 Å². The Hall–Kier alpha value is -1.51. The van der Waals surface area contributed by atoms with E-state index in [2.05, 4.69) is 4.72 Å². The van der Waals surface area contributed by atoms with Crippen LogP contribution in [0, 0.1) is 5.82 Å². The Balaban J connectivity index is 1.87. The average Bonchev–Trinajstić information content (AvgIpc) is 3.31. The van der Waals surface area contributed by atoms with Crippen molar-refractivity contribution in [3.05, 3.63) is 29.6 Å². The fourth-order valence-electron chi connectivity index (χ4n) is 2.28. The molecule has 1 N–H and O–H groups in total. The van der Waals surface area contributed by atoms with Gasteiger partial charge in [0.25, 0.3) is 5.91 Å². The number of carbonyl (C=O) groups is 1. The van der Waals surface area contributed by atoms with Crippen molar-refractivity contribution < 1.29 is 22.3 Å². The summed E-state index contributed by atoms with van der Waals surface area (Å²) in [6.07, 6.45) is 1.51. The molecule has 0 spiro atoms. The SMILES string of the molecule is O=C(c1ccc(F)c(S(=O)(=O)NC2CC2)c1)N1CCOCC1. The van der Waals surface area contributed by atoms with Gasteiger partial charge in [-0.2, -0.15) is 0 Å². The van der Waals surface area contributed by atoms with Crippen molar-refractivity contribution >= 4 is 15.9 Å². The molecular weight excluding hydrogens is 311 g/mol. The van der Waals surface area contributed by atoms with Crippen molar-refractivity contribution in [3.63, 3.8) is 0 Å². The van der Waals surface area contributed by atoms with Gasteiger partial charge in [-0.1, -0.05) is 0 Å². The Morgan fingerprint density at radius 1 is 1.27 bits per heavy atom. The molecule has 0 atom stereocenters. The van der Waals surface area contributed by atoms with E-state index in [0.717, 1.165) is 25.0 Å². The van der Waals surface area contributed by atoms with Gasteiger partial charge in [0.05, 0.1) is 13.2 Å². The van der Waals surface area contributed by atoms with Crippen LogP contribution in [0.4, 0.5) is 4.39 Å². The van der Waals surface area contributed by atoms with Crippen LogP contribution in [0.15, 0.2) is 23.1 Å². The maximum Gasteiger partial charge on any atom is 0.254 e. The molecule has 8 heteroatoms. The number of nitrogens with one attached hydrogen (secondary N) is 1. The number of carbonyl (C=O) groups excluding carboxylic acids is 1. The summed E-state index contributed by atoms with van der Waals surface area (Å²) in [6, 6.07) is 3.32. The van der Waals surface area contributed by atoms with Gasteiger partial charge in [0, 0.05) is 24.7 Å². The second-order valence-corrected chi connectivity index (χ2v) is 7.13. The largest absolute Gasteiger partial charge is 0.378 e. The summed E-state index contributed by atoms with van der Waals surface area (Å²) in [6.45, 7) is 1.78. The Labute approximate surface area is 128 Å². The fraction of sp³-hybridized carbons (Fsp3) is 0.500. The number of halogens is 1. The van der Waals surface area contributed by atoms with E-state index in [1.165, 1.54) is 6.07 Å². The molecule has 3 rings (SSSR count). The number of sulfonamides is 1. The van der Waals surface area contributed by atoms with Crippen LogP contribution in [0.2, 0.25) is 0 Å². The second kappa shape index (κ2) is 5.94. The van der Waals surface area contributed by atoms with Crippen LogP contribution in [0.25, 0.3) is 0 Å². The summed E-state index contributed by atoms with van der Waals surface area (Å²) in [5, 5.41) is 0. The Morgan fingerprint density at radius 2 is 1.95 bits per heavy atom. The molecule has 0 unspecified atom stereocenters. The van der Waals surface area contributed by atoms with Gasteiger partial charge in [-0.25, -0.2) is 17.5 Å². The van der Waals surface area contributed by atoms with E-state index in [0.29, 0.717) is 26.3 Å². The van der Waals surface area contributed by atoms with Gasteiger partial charge < -0.3 is 9.64 Å². The van der Waals surface area contributed by atoms with Crippen LogP contribution in [0.1, 0.15) is 23.2 Å². The molecule has 1 aromatic rings. The molecule has 1 amide bonds. The molecule has 1 aliphatic heterocycles. The first-order valence-electron chi connectivity index (χ1n) is 7.16. The lowest BCUT2D eigenvalue weighted by molar-refractivity contribution is 0.0302. The molecule has 22 heavy (non-hydrogen) atoms. The monoisotopic (exact) mass is 328 g/mol. The van der Waals surface area contributed by atoms with Crippen molar-refractivity contribution in [3.8, 4) is 0 Å². The van der Waals surface area contributed by atoms with Crippen LogP contribution in [-0.4, -0.2) is 51.6 Å². The summed E-state index contributed by atoms with van der Waals surface area (Å²) >= 11 is 0. The maximum atomic E-state index is 13.9. The summed E-state index contributed by atoms with van der Waals surface area (Å²) in [5.74, 6) is -1.17. The Bertz CT molecular complexity index is 682. The van der Waals surface area contributed by atoms with E-state index in [-0.39, 0.29) is 17.5 Å². The average molecular weight is 328 g/mol. The van der Waals surface area contributed by atoms with Crippen LogP contribution in [0.3, 0.4) is 0 Å². The van der Waals surface area contributed by atoms with Crippen LogP contribution in [0.5, 0.6) is 0 Å². The predicted octanol–water partition coefficient (Wildman–Crippen LogP) is 0.739. The van der Waals surface area contributed by atoms with Gasteiger partial charge in [-0.15, -0.1) is 0 Å². The zero-order valence-electron chi connectivity index (χ0n) is 11.9. The molecule has 2 aliphatic rings. The lowest BCUT2D eigenvalue weighted by Crippen LogP contribution is -2.40. The second-order valence-electron chi connectivity index (χ2n) is 5.45. The molecule has 1 aromatic carbocycles. The number of hydrogen-bond donors (Lipinski definition) is 1. The normalized spacial score (nSPS) is 19.2. The summed E-state index contributed by atoms with van der Waals surface area (Å²) in [4.78, 5) is 13.5. The highest BCUT2D eigenvalue weighted by Gasteiger charge is 2.30. The number of rotatable bonds is 4. The number of amides is 1. The first kappa shape index (κ1) is 15.4. The minimum absolute atomic E-state index is 0.122. The van der Waals surface area contributed by atoms with E-state index in [4.69, 9.17) is 4.74 Å². The highest BCUT2D eigenvalue weighted by Crippen LogP contribution is 2.24. The topological polar surface area (TPSA) is 75.7 Å². The van der Waals surface area contributed by atoms with E-state index >= 15 is 0 Å². The number of morpholine rings is 1. The van der Waals surface area contributed by atoms with Gasteiger partial charge in [0.15, 0.2) is 0 Å². The molecule has 1 saturated carbocycles. The molecule has 1 saturated heterocycles.